The molecule has 0 unspecified atom stereocenters. The van der Waals surface area contributed by atoms with E-state index in [9.17, 15) is 12.8 Å². The molecule has 2 aromatic rings. The molecule has 0 atom stereocenters. The number of thiazole rings is 1. The van der Waals surface area contributed by atoms with Gasteiger partial charge in [0.05, 0.1) is 13.3 Å². The van der Waals surface area contributed by atoms with Gasteiger partial charge in [0.15, 0.2) is 20.9 Å². The lowest BCUT2D eigenvalue weighted by molar-refractivity contribution is 0.386. The minimum Gasteiger partial charge on any atom is -0.494 e. The van der Waals surface area contributed by atoms with Crippen LogP contribution in [0.5, 0.6) is 5.75 Å². The lowest BCUT2D eigenvalue weighted by Gasteiger charge is -2.36. The maximum Gasteiger partial charge on any atom is 0.249 e. The predicted octanol–water partition coefficient (Wildman–Crippen LogP) is 1.26. The second-order valence-corrected chi connectivity index (χ2v) is 8.10. The molecule has 2 heterocycles. The first-order valence-corrected chi connectivity index (χ1v) is 9.57. The molecule has 1 aromatic heterocycles. The summed E-state index contributed by atoms with van der Waals surface area (Å²) in [4.78, 5) is 8.19. The summed E-state index contributed by atoms with van der Waals surface area (Å²) >= 11 is 1.06. The van der Waals surface area contributed by atoms with Gasteiger partial charge in [0.25, 0.3) is 0 Å². The van der Waals surface area contributed by atoms with Crippen molar-refractivity contribution in [1.29, 1.82) is 0 Å². The zero-order valence-corrected chi connectivity index (χ0v) is 14.6. The second-order valence-electron chi connectivity index (χ2n) is 5.30. The summed E-state index contributed by atoms with van der Waals surface area (Å²) in [5.41, 5.74) is 0.789. The molecule has 0 amide bonds. The number of anilines is 2. The molecule has 0 aliphatic carbocycles. The van der Waals surface area contributed by atoms with E-state index in [0.717, 1.165) is 17.0 Å². The third-order valence-corrected chi connectivity index (χ3v) is 6.27. The summed E-state index contributed by atoms with van der Waals surface area (Å²) < 4.78 is 41.5. The van der Waals surface area contributed by atoms with Crippen molar-refractivity contribution in [3.63, 3.8) is 0 Å². The average molecular weight is 372 g/mol. The van der Waals surface area contributed by atoms with Gasteiger partial charge < -0.3 is 14.5 Å². The van der Waals surface area contributed by atoms with E-state index in [1.54, 1.807) is 6.07 Å². The maximum atomic E-state index is 13.8. The molecule has 0 bridgehead atoms. The van der Waals surface area contributed by atoms with Gasteiger partial charge in [-0.3, -0.25) is 0 Å². The van der Waals surface area contributed by atoms with Crippen molar-refractivity contribution in [2.45, 2.75) is 4.21 Å². The van der Waals surface area contributed by atoms with Crippen molar-refractivity contribution >= 4 is 32.2 Å². The van der Waals surface area contributed by atoms with Gasteiger partial charge in [-0.2, -0.15) is 0 Å². The normalized spacial score (nSPS) is 15.6. The summed E-state index contributed by atoms with van der Waals surface area (Å²) in [5, 5.41) is 5.73. The van der Waals surface area contributed by atoms with Gasteiger partial charge in [0.1, 0.15) is 0 Å². The van der Waals surface area contributed by atoms with Gasteiger partial charge in [-0.1, -0.05) is 11.3 Å². The number of aromatic nitrogens is 1. The third kappa shape index (κ3) is 3.45. The van der Waals surface area contributed by atoms with Crippen LogP contribution in [0.4, 0.5) is 15.2 Å². The van der Waals surface area contributed by atoms with Crippen molar-refractivity contribution in [1.82, 2.24) is 4.98 Å². The zero-order valence-electron chi connectivity index (χ0n) is 13.0. The average Bonchev–Trinajstić information content (AvgIpc) is 3.05. The highest BCUT2D eigenvalue weighted by molar-refractivity contribution is 7.91. The zero-order chi connectivity index (χ0) is 17.3. The van der Waals surface area contributed by atoms with Gasteiger partial charge in [-0.15, -0.1) is 0 Å². The fraction of sp³-hybridized carbons (Fsp3) is 0.357. The number of hydrogen-bond acceptors (Lipinski definition) is 7. The lowest BCUT2D eigenvalue weighted by Crippen LogP contribution is -2.46. The summed E-state index contributed by atoms with van der Waals surface area (Å²) in [5.74, 6) is -0.175. The minimum atomic E-state index is -3.72. The molecule has 3 rings (SSSR count). The number of benzene rings is 1. The number of primary sulfonamides is 1. The monoisotopic (exact) mass is 372 g/mol. The van der Waals surface area contributed by atoms with Crippen molar-refractivity contribution in [3.8, 4) is 5.75 Å². The van der Waals surface area contributed by atoms with Gasteiger partial charge in [0.2, 0.25) is 10.0 Å². The summed E-state index contributed by atoms with van der Waals surface area (Å²) in [7, 11) is -2.29. The van der Waals surface area contributed by atoms with Crippen LogP contribution in [0.1, 0.15) is 0 Å². The van der Waals surface area contributed by atoms with Crippen LogP contribution in [0.25, 0.3) is 0 Å². The number of halogens is 1. The Morgan fingerprint density at radius 3 is 2.46 bits per heavy atom. The lowest BCUT2D eigenvalue weighted by atomic mass is 10.2. The summed E-state index contributed by atoms with van der Waals surface area (Å²) in [6.45, 7) is 2.67. The van der Waals surface area contributed by atoms with E-state index in [1.165, 1.54) is 19.4 Å². The molecule has 7 nitrogen and oxygen atoms in total. The van der Waals surface area contributed by atoms with Crippen LogP contribution in [0, 0.1) is 5.82 Å². The fourth-order valence-electron chi connectivity index (χ4n) is 2.54. The number of piperazine rings is 1. The molecule has 130 valence electrons. The highest BCUT2D eigenvalue weighted by atomic mass is 32.2. The first-order chi connectivity index (χ1) is 11.4. The molecule has 0 spiro atoms. The fourth-order valence-corrected chi connectivity index (χ4v) is 4.13. The Morgan fingerprint density at radius 2 is 1.92 bits per heavy atom. The predicted molar refractivity (Wildman–Crippen MR) is 90.9 cm³/mol. The molecular formula is C14H17FN4O3S2. The number of nitrogens with two attached hydrogens (primary N) is 1. The highest BCUT2D eigenvalue weighted by Crippen LogP contribution is 2.28. The van der Waals surface area contributed by atoms with E-state index < -0.39 is 15.8 Å². The Balaban J connectivity index is 1.67. The molecule has 1 fully saturated rings. The second kappa shape index (κ2) is 6.54. The Hall–Kier alpha value is -1.91. The number of hydrogen-bond donors (Lipinski definition) is 1. The molecule has 1 aliphatic heterocycles. The van der Waals surface area contributed by atoms with Crippen LogP contribution >= 0.6 is 11.3 Å². The number of methoxy groups -OCH3 is 1. The van der Waals surface area contributed by atoms with Crippen LogP contribution in [0.3, 0.4) is 0 Å². The molecule has 0 saturated carbocycles. The van der Waals surface area contributed by atoms with Crippen molar-refractivity contribution in [2.24, 2.45) is 5.14 Å². The molecule has 10 heteroatoms. The van der Waals surface area contributed by atoms with E-state index in [1.807, 2.05) is 11.0 Å². The van der Waals surface area contributed by atoms with Crippen molar-refractivity contribution in [2.75, 3.05) is 43.1 Å². The summed E-state index contributed by atoms with van der Waals surface area (Å²) in [6, 6.07) is 4.88. The standard InChI is InChI=1S/C14H17FN4O3S2/c1-22-12-3-2-10(8-11(12)15)18-4-6-19(7-5-18)14-17-9-13(23-14)24(16,20)21/h2-3,8-9H,4-7H2,1H3,(H2,16,20,21). The van der Waals surface area contributed by atoms with E-state index in [4.69, 9.17) is 9.88 Å². The number of ether oxygens (including phenoxy) is 1. The van der Waals surface area contributed by atoms with E-state index in [-0.39, 0.29) is 9.96 Å². The topological polar surface area (TPSA) is 88.8 Å². The first-order valence-electron chi connectivity index (χ1n) is 7.20. The summed E-state index contributed by atoms with van der Waals surface area (Å²) in [6.07, 6.45) is 1.28. The number of sulfonamides is 1. The van der Waals surface area contributed by atoms with Crippen molar-refractivity contribution < 1.29 is 17.5 Å². The SMILES string of the molecule is COc1ccc(N2CCN(c3ncc(S(N)(=O)=O)s3)CC2)cc1F. The largest absolute Gasteiger partial charge is 0.494 e. The van der Waals surface area contributed by atoms with Crippen LogP contribution in [0.2, 0.25) is 0 Å². The van der Waals surface area contributed by atoms with Crippen molar-refractivity contribution in [3.05, 3.63) is 30.2 Å². The molecule has 1 aromatic carbocycles. The molecule has 2 N–H and O–H groups in total. The van der Waals surface area contributed by atoms with Gasteiger partial charge in [-0.25, -0.2) is 22.9 Å². The van der Waals surface area contributed by atoms with E-state index in [0.29, 0.717) is 31.3 Å². The van der Waals surface area contributed by atoms with Gasteiger partial charge in [0, 0.05) is 37.9 Å². The van der Waals surface area contributed by atoms with Gasteiger partial charge >= 0.3 is 0 Å². The van der Waals surface area contributed by atoms with E-state index in [2.05, 4.69) is 9.88 Å². The Kier molecular flexibility index (Phi) is 4.61. The smallest absolute Gasteiger partial charge is 0.249 e. The van der Waals surface area contributed by atoms with Gasteiger partial charge in [-0.05, 0) is 12.1 Å². The Labute approximate surface area is 143 Å². The van der Waals surface area contributed by atoms with E-state index >= 15 is 0 Å². The van der Waals surface area contributed by atoms with Crippen LogP contribution in [-0.2, 0) is 10.0 Å². The first kappa shape index (κ1) is 16.9. The third-order valence-electron chi connectivity index (χ3n) is 3.80. The van der Waals surface area contributed by atoms with Crippen LogP contribution < -0.4 is 19.7 Å². The minimum absolute atomic E-state index is 0.0529. The quantitative estimate of drug-likeness (QED) is 0.869. The maximum absolute atomic E-state index is 13.8. The van der Waals surface area contributed by atoms with Crippen LogP contribution in [0.15, 0.2) is 28.6 Å². The highest BCUT2D eigenvalue weighted by Gasteiger charge is 2.22. The Bertz CT molecular complexity index is 832. The molecule has 0 radical (unpaired) electrons. The molecular weight excluding hydrogens is 355 g/mol. The van der Waals surface area contributed by atoms with Crippen LogP contribution in [-0.4, -0.2) is 46.7 Å². The molecule has 24 heavy (non-hydrogen) atoms. The number of nitrogens with zero attached hydrogens (tertiary/aromatic N) is 3. The molecule has 1 saturated heterocycles. The molecule has 1 aliphatic rings. The number of rotatable bonds is 4. The Morgan fingerprint density at radius 1 is 1.25 bits per heavy atom.